The lowest BCUT2D eigenvalue weighted by molar-refractivity contribution is -0.130. The number of benzene rings is 1. The first-order valence-corrected chi connectivity index (χ1v) is 10.8. The van der Waals surface area contributed by atoms with Crippen molar-refractivity contribution in [1.82, 2.24) is 19.9 Å². The maximum Gasteiger partial charge on any atom is 0.233 e. The number of likely N-dealkylation sites (tertiary alicyclic amines) is 1. The molecule has 0 unspecified atom stereocenters. The summed E-state index contributed by atoms with van der Waals surface area (Å²) in [5.74, 6) is 2.54. The van der Waals surface area contributed by atoms with E-state index < -0.39 is 0 Å². The van der Waals surface area contributed by atoms with E-state index in [2.05, 4.69) is 42.9 Å². The van der Waals surface area contributed by atoms with E-state index >= 15 is 0 Å². The van der Waals surface area contributed by atoms with Gasteiger partial charge in [-0.2, -0.15) is 0 Å². The summed E-state index contributed by atoms with van der Waals surface area (Å²) in [5.41, 5.74) is 4.09. The molecule has 28 heavy (non-hydrogen) atoms. The molecule has 0 aliphatic carbocycles. The van der Waals surface area contributed by atoms with Gasteiger partial charge in [0.05, 0.1) is 16.8 Å². The average Bonchev–Trinajstić information content (AvgIpc) is 3.08. The molecule has 1 fully saturated rings. The number of hydrogen-bond donors (Lipinski definition) is 1. The molecule has 1 aliphatic rings. The Morgan fingerprint density at radius 3 is 2.82 bits per heavy atom. The van der Waals surface area contributed by atoms with Gasteiger partial charge in [0.15, 0.2) is 0 Å². The van der Waals surface area contributed by atoms with Crippen LogP contribution in [0.4, 0.5) is 0 Å². The Kier molecular flexibility index (Phi) is 5.40. The van der Waals surface area contributed by atoms with Gasteiger partial charge in [-0.25, -0.2) is 9.97 Å². The van der Waals surface area contributed by atoms with E-state index in [1.165, 1.54) is 23.7 Å². The third kappa shape index (κ3) is 4.07. The molecule has 1 saturated heterocycles. The first-order chi connectivity index (χ1) is 13.5. The summed E-state index contributed by atoms with van der Waals surface area (Å²) in [4.78, 5) is 27.4. The number of carbonyl (C=O) groups is 1. The van der Waals surface area contributed by atoms with Crippen molar-refractivity contribution in [3.63, 3.8) is 0 Å². The molecule has 146 valence electrons. The van der Waals surface area contributed by atoms with E-state index in [0.717, 1.165) is 40.5 Å². The second kappa shape index (κ2) is 7.95. The van der Waals surface area contributed by atoms with Gasteiger partial charge < -0.3 is 9.88 Å². The zero-order chi connectivity index (χ0) is 19.7. The minimum absolute atomic E-state index is 0.195. The largest absolute Gasteiger partial charge is 0.341 e. The van der Waals surface area contributed by atoms with Crippen molar-refractivity contribution in [2.45, 2.75) is 32.2 Å². The molecule has 4 rings (SSSR count). The smallest absolute Gasteiger partial charge is 0.233 e. The number of thioether (sulfide) groups is 1. The van der Waals surface area contributed by atoms with Crippen LogP contribution in [0.15, 0.2) is 41.6 Å². The summed E-state index contributed by atoms with van der Waals surface area (Å²) in [7, 11) is 0. The molecule has 3 aromatic rings. The number of aryl methyl sites for hydroxylation is 1. The average molecular weight is 395 g/mol. The Hall–Kier alpha value is -2.34. The van der Waals surface area contributed by atoms with Crippen molar-refractivity contribution < 1.29 is 4.79 Å². The fraction of sp³-hybridized carbons (Fsp3) is 0.409. The Morgan fingerprint density at radius 2 is 2.04 bits per heavy atom. The van der Waals surface area contributed by atoms with Crippen molar-refractivity contribution in [3.8, 4) is 11.4 Å². The van der Waals surface area contributed by atoms with Crippen LogP contribution in [-0.2, 0) is 4.79 Å². The Labute approximate surface area is 170 Å². The van der Waals surface area contributed by atoms with Crippen LogP contribution in [-0.4, -0.2) is 44.6 Å². The van der Waals surface area contributed by atoms with Crippen LogP contribution in [0.3, 0.4) is 0 Å². The van der Waals surface area contributed by atoms with Gasteiger partial charge in [-0.05, 0) is 55.0 Å². The molecule has 0 spiro atoms. The predicted octanol–water partition coefficient (Wildman–Crippen LogP) is 4.53. The fourth-order valence-electron chi connectivity index (χ4n) is 4.03. The lowest BCUT2D eigenvalue weighted by atomic mass is 9.92. The topological polar surface area (TPSA) is 61.9 Å². The highest BCUT2D eigenvalue weighted by molar-refractivity contribution is 8.00. The van der Waals surface area contributed by atoms with E-state index in [-0.39, 0.29) is 5.91 Å². The minimum atomic E-state index is 0.195. The number of amides is 1. The van der Waals surface area contributed by atoms with Gasteiger partial charge in [-0.3, -0.25) is 4.79 Å². The maximum absolute atomic E-state index is 12.7. The van der Waals surface area contributed by atoms with E-state index in [9.17, 15) is 4.79 Å². The van der Waals surface area contributed by atoms with Crippen LogP contribution in [0.5, 0.6) is 0 Å². The Balaban J connectivity index is 1.52. The first kappa shape index (κ1) is 19.0. The van der Waals surface area contributed by atoms with E-state index in [1.54, 1.807) is 6.20 Å². The van der Waals surface area contributed by atoms with Gasteiger partial charge in [-0.1, -0.05) is 31.7 Å². The van der Waals surface area contributed by atoms with Gasteiger partial charge in [0.1, 0.15) is 10.9 Å². The molecular formula is C22H26N4OS. The number of nitrogens with zero attached hydrogens (tertiary/aromatic N) is 3. The summed E-state index contributed by atoms with van der Waals surface area (Å²) in [6.07, 6.45) is 2.97. The number of nitrogens with one attached hydrogen (secondary N) is 1. The van der Waals surface area contributed by atoms with E-state index in [1.807, 2.05) is 23.1 Å². The molecule has 0 bridgehead atoms. The van der Waals surface area contributed by atoms with Crippen molar-refractivity contribution in [2.75, 3.05) is 18.8 Å². The lowest BCUT2D eigenvalue weighted by Gasteiger charge is -2.35. The molecule has 5 nitrogen and oxygen atoms in total. The molecule has 1 amide bonds. The van der Waals surface area contributed by atoms with Crippen LogP contribution in [0, 0.1) is 18.8 Å². The highest BCUT2D eigenvalue weighted by Crippen LogP contribution is 2.30. The quantitative estimate of drug-likeness (QED) is 0.661. The van der Waals surface area contributed by atoms with Crippen molar-refractivity contribution in [2.24, 2.45) is 11.8 Å². The monoisotopic (exact) mass is 394 g/mol. The highest BCUT2D eigenvalue weighted by atomic mass is 32.2. The Morgan fingerprint density at radius 1 is 1.25 bits per heavy atom. The van der Waals surface area contributed by atoms with Gasteiger partial charge in [0.25, 0.3) is 0 Å². The number of piperidine rings is 1. The second-order valence-electron chi connectivity index (χ2n) is 8.00. The number of H-pyrrole nitrogens is 1. The van der Waals surface area contributed by atoms with Crippen LogP contribution in [0.25, 0.3) is 22.4 Å². The molecule has 1 aliphatic heterocycles. The van der Waals surface area contributed by atoms with Gasteiger partial charge in [0.2, 0.25) is 5.91 Å². The van der Waals surface area contributed by atoms with Gasteiger partial charge in [0, 0.05) is 24.8 Å². The number of imidazole rings is 1. The summed E-state index contributed by atoms with van der Waals surface area (Å²) >= 11 is 1.50. The van der Waals surface area contributed by atoms with Gasteiger partial charge >= 0.3 is 0 Å². The summed E-state index contributed by atoms with van der Waals surface area (Å²) in [6.45, 7) is 8.25. The number of carbonyl (C=O) groups excluding carboxylic acids is 1. The molecule has 0 radical (unpaired) electrons. The summed E-state index contributed by atoms with van der Waals surface area (Å²) in [5, 5.41) is 0.838. The van der Waals surface area contributed by atoms with E-state index in [4.69, 9.17) is 4.98 Å². The fourth-order valence-corrected chi connectivity index (χ4v) is 4.92. The molecule has 1 aromatic carbocycles. The molecule has 2 atom stereocenters. The zero-order valence-electron chi connectivity index (χ0n) is 16.6. The minimum Gasteiger partial charge on any atom is -0.341 e. The third-order valence-electron chi connectivity index (χ3n) is 5.22. The lowest BCUT2D eigenvalue weighted by Crippen LogP contribution is -2.43. The normalized spacial score (nSPS) is 19.9. The molecular weight excluding hydrogens is 368 g/mol. The zero-order valence-corrected chi connectivity index (χ0v) is 17.4. The predicted molar refractivity (Wildman–Crippen MR) is 114 cm³/mol. The molecule has 0 saturated carbocycles. The van der Waals surface area contributed by atoms with Crippen molar-refractivity contribution in [1.29, 1.82) is 0 Å². The maximum atomic E-state index is 12.7. The second-order valence-corrected chi connectivity index (χ2v) is 8.96. The number of hydrogen-bond acceptors (Lipinski definition) is 4. The van der Waals surface area contributed by atoms with Crippen LogP contribution in [0.2, 0.25) is 0 Å². The van der Waals surface area contributed by atoms with Crippen molar-refractivity contribution in [3.05, 3.63) is 42.1 Å². The molecule has 3 heterocycles. The number of fused-ring (bicyclic) bond motifs is 1. The number of aromatic amines is 1. The van der Waals surface area contributed by atoms with Crippen LogP contribution in [0.1, 0.15) is 25.8 Å². The number of pyridine rings is 1. The van der Waals surface area contributed by atoms with Gasteiger partial charge in [-0.15, -0.1) is 0 Å². The van der Waals surface area contributed by atoms with E-state index in [0.29, 0.717) is 17.6 Å². The highest BCUT2D eigenvalue weighted by Gasteiger charge is 2.25. The number of aromatic nitrogens is 3. The number of rotatable bonds is 4. The van der Waals surface area contributed by atoms with Crippen LogP contribution >= 0.6 is 11.8 Å². The van der Waals surface area contributed by atoms with Crippen LogP contribution < -0.4 is 0 Å². The molecule has 2 aromatic heterocycles. The first-order valence-electron chi connectivity index (χ1n) is 9.82. The Bertz CT molecular complexity index is 989. The standard InChI is InChI=1S/C22H26N4OS/c1-14-6-7-18-19(10-14)25-21(24-18)17-5-4-8-23-22(17)28-13-20(27)26-11-15(2)9-16(3)12-26/h4-8,10,15-16H,9,11-13H2,1-3H3,(H,24,25)/t15-,16-/m1/s1. The van der Waals surface area contributed by atoms with Crippen molar-refractivity contribution >= 4 is 28.7 Å². The molecule has 1 N–H and O–H groups in total. The third-order valence-corrected chi connectivity index (χ3v) is 6.21. The SMILES string of the molecule is Cc1ccc2nc(-c3cccnc3SCC(=O)N3C[C@H](C)C[C@@H](C)C3)[nH]c2c1. The summed E-state index contributed by atoms with van der Waals surface area (Å²) < 4.78 is 0. The molecule has 6 heteroatoms. The summed E-state index contributed by atoms with van der Waals surface area (Å²) in [6, 6.07) is 10.1.